The average molecular weight is 443 g/mol. The van der Waals surface area contributed by atoms with E-state index in [1.807, 2.05) is 0 Å². The van der Waals surface area contributed by atoms with Gasteiger partial charge in [-0.2, -0.15) is 0 Å². The molecule has 0 heterocycles. The lowest BCUT2D eigenvalue weighted by molar-refractivity contribution is -0.00602. The van der Waals surface area contributed by atoms with Crippen LogP contribution in [0.2, 0.25) is 65.0 Å². The molecule has 2 atom stereocenters. The van der Waals surface area contributed by atoms with E-state index in [4.69, 9.17) is 21.8 Å². The van der Waals surface area contributed by atoms with Gasteiger partial charge >= 0.3 is 17.1 Å². The molecule has 0 aromatic heterocycles. The Balaban J connectivity index is 4.73. The number of hydrogen-bond donors (Lipinski definition) is 1. The van der Waals surface area contributed by atoms with E-state index >= 15 is 0 Å². The lowest BCUT2D eigenvalue weighted by atomic mass is 10.4. The van der Waals surface area contributed by atoms with Gasteiger partial charge in [0, 0.05) is 13.7 Å². The minimum atomic E-state index is -2.36. The number of rotatable bonds is 14. The zero-order valence-corrected chi connectivity index (χ0v) is 22.6. The van der Waals surface area contributed by atoms with E-state index in [1.54, 1.807) is 7.11 Å². The molecule has 0 saturated carbocycles. The fourth-order valence-electron chi connectivity index (χ4n) is 3.00. The van der Waals surface area contributed by atoms with Crippen LogP contribution in [0.3, 0.4) is 0 Å². The zero-order chi connectivity index (χ0) is 20.6. The second-order valence-corrected chi connectivity index (χ2v) is 25.8. The topological polar surface area (TPSA) is 66.4 Å². The van der Waals surface area contributed by atoms with Gasteiger partial charge < -0.3 is 26.9 Å². The van der Waals surface area contributed by atoms with Gasteiger partial charge in [0.2, 0.25) is 0 Å². The second kappa shape index (κ2) is 11.0. The number of hydrogen-bond acceptors (Lipinski definition) is 6. The van der Waals surface area contributed by atoms with Gasteiger partial charge in [0.05, 0.1) is 13.2 Å². The van der Waals surface area contributed by atoms with Crippen molar-refractivity contribution in [2.75, 3.05) is 26.9 Å². The first-order chi connectivity index (χ1) is 11.6. The Kier molecular flexibility index (Phi) is 11.2. The number of aliphatic hydroxyl groups excluding tert-OH is 1. The molecule has 0 bridgehead atoms. The Labute approximate surface area is 165 Å². The Morgan fingerprint density at radius 1 is 0.769 bits per heavy atom. The zero-order valence-electron chi connectivity index (χ0n) is 18.6. The Hall–Kier alpha value is 0.628. The molecule has 0 aromatic rings. The lowest BCUT2D eigenvalue weighted by Gasteiger charge is -2.41. The first kappa shape index (κ1) is 26.6. The first-order valence-electron chi connectivity index (χ1n) is 9.43. The molecule has 0 saturated heterocycles. The van der Waals surface area contributed by atoms with E-state index < -0.39 is 39.9 Å². The van der Waals surface area contributed by atoms with Crippen LogP contribution in [0.15, 0.2) is 0 Å². The van der Waals surface area contributed by atoms with Crippen molar-refractivity contribution in [3.05, 3.63) is 0 Å². The summed E-state index contributed by atoms with van der Waals surface area (Å²) in [5.41, 5.74) is 0. The summed E-state index contributed by atoms with van der Waals surface area (Å²) in [6.07, 6.45) is 0.277. The largest absolute Gasteiger partial charge is 0.437 e. The molecule has 0 aliphatic rings. The quantitative estimate of drug-likeness (QED) is 0.325. The molecule has 0 amide bonds. The Morgan fingerprint density at radius 3 is 1.77 bits per heavy atom. The molecule has 2 unspecified atom stereocenters. The molecule has 26 heavy (non-hydrogen) atoms. The van der Waals surface area contributed by atoms with Crippen LogP contribution in [0, 0.1) is 0 Å². The van der Waals surface area contributed by atoms with Gasteiger partial charge in [-0.1, -0.05) is 0 Å². The van der Waals surface area contributed by atoms with Crippen molar-refractivity contribution in [2.24, 2.45) is 0 Å². The van der Waals surface area contributed by atoms with Crippen LogP contribution >= 0.6 is 0 Å². The minimum absolute atomic E-state index is 0.292. The summed E-state index contributed by atoms with van der Waals surface area (Å²) in [7, 11) is -6.43. The van der Waals surface area contributed by atoms with Gasteiger partial charge in [-0.15, -0.1) is 0 Å². The molecule has 0 spiro atoms. The van der Waals surface area contributed by atoms with Crippen LogP contribution in [-0.2, 0) is 21.8 Å². The summed E-state index contributed by atoms with van der Waals surface area (Å²) in [5.74, 6) is 0. The second-order valence-electron chi connectivity index (χ2n) is 9.35. The maximum Gasteiger partial charge on any atom is 0.315 e. The van der Waals surface area contributed by atoms with Crippen molar-refractivity contribution in [3.63, 3.8) is 0 Å². The van der Waals surface area contributed by atoms with Crippen molar-refractivity contribution in [2.45, 2.75) is 77.5 Å². The molecule has 10 heteroatoms. The van der Waals surface area contributed by atoms with E-state index in [0.717, 1.165) is 12.5 Å². The van der Waals surface area contributed by atoms with E-state index in [1.165, 1.54) is 0 Å². The average Bonchev–Trinajstić information content (AvgIpc) is 2.31. The molecule has 158 valence electrons. The summed E-state index contributed by atoms with van der Waals surface area (Å²) >= 11 is 0. The molecule has 0 aliphatic carbocycles. The fraction of sp³-hybridized carbons (Fsp3) is 1.00. The number of methoxy groups -OCH3 is 1. The highest BCUT2D eigenvalue weighted by Gasteiger charge is 2.44. The molecule has 0 aromatic carbocycles. The van der Waals surface area contributed by atoms with Gasteiger partial charge in [-0.05, 0) is 71.4 Å². The fourth-order valence-corrected chi connectivity index (χ4v) is 20.9. The number of ether oxygens (including phenoxy) is 2. The molecule has 6 nitrogen and oxygen atoms in total. The maximum absolute atomic E-state index is 9.63. The van der Waals surface area contributed by atoms with Gasteiger partial charge in [-0.3, -0.25) is 0 Å². The monoisotopic (exact) mass is 442 g/mol. The van der Waals surface area contributed by atoms with Crippen LogP contribution in [0.4, 0.5) is 0 Å². The summed E-state index contributed by atoms with van der Waals surface area (Å²) in [6, 6.07) is 0.864. The van der Waals surface area contributed by atoms with Crippen molar-refractivity contribution < 1.29 is 26.9 Å². The highest BCUT2D eigenvalue weighted by atomic mass is 28.5. The highest BCUT2D eigenvalue weighted by molar-refractivity contribution is 6.89. The molecule has 1 N–H and O–H groups in total. The number of aliphatic hydroxyl groups is 1. The van der Waals surface area contributed by atoms with Gasteiger partial charge in [-0.25, -0.2) is 0 Å². The van der Waals surface area contributed by atoms with E-state index in [9.17, 15) is 5.11 Å². The van der Waals surface area contributed by atoms with Crippen LogP contribution < -0.4 is 0 Å². The summed E-state index contributed by atoms with van der Waals surface area (Å²) < 4.78 is 30.0. The van der Waals surface area contributed by atoms with E-state index in [-0.39, 0.29) is 0 Å². The normalized spacial score (nSPS) is 17.2. The summed E-state index contributed by atoms with van der Waals surface area (Å²) in [4.78, 5) is 0. The molecule has 0 aliphatic heterocycles. The summed E-state index contributed by atoms with van der Waals surface area (Å²) in [6.45, 7) is 20.8. The van der Waals surface area contributed by atoms with Crippen molar-refractivity contribution >= 4 is 33.8 Å². The predicted octanol–water partition coefficient (Wildman–Crippen LogP) is 3.89. The predicted molar refractivity (Wildman–Crippen MR) is 117 cm³/mol. The van der Waals surface area contributed by atoms with Crippen LogP contribution in [0.5, 0.6) is 0 Å². The SMILES string of the molecule is COCC(O)COCCC[Si](C)(O[Si](C)(C)C)O[Si](C)(C)O[Si](C)(C)C. The van der Waals surface area contributed by atoms with Gasteiger partial charge in [0.15, 0.2) is 16.6 Å². The first-order valence-corrected chi connectivity index (χ1v) is 21.6. The minimum Gasteiger partial charge on any atom is -0.437 e. The van der Waals surface area contributed by atoms with E-state index in [2.05, 4.69) is 58.9 Å². The molecular weight excluding hydrogens is 401 g/mol. The van der Waals surface area contributed by atoms with Gasteiger partial charge in [0.25, 0.3) is 0 Å². The summed E-state index contributed by atoms with van der Waals surface area (Å²) in [5, 5.41) is 9.63. The lowest BCUT2D eigenvalue weighted by Crippen LogP contribution is -2.56. The van der Waals surface area contributed by atoms with Crippen LogP contribution in [-0.4, -0.2) is 71.9 Å². The Bertz CT molecular complexity index is 397. The standard InChI is InChI=1S/C16H42O6Si4/c1-18-14-16(17)15-19-12-11-13-26(10,21-24(5,6)7)22-25(8,9)20-23(2,3)4/h16-17H,11-15H2,1-10H3. The highest BCUT2D eigenvalue weighted by Crippen LogP contribution is 2.27. The molecular formula is C16H42O6Si4. The molecule has 0 fully saturated rings. The van der Waals surface area contributed by atoms with Crippen LogP contribution in [0.1, 0.15) is 6.42 Å². The maximum atomic E-state index is 9.63. The van der Waals surface area contributed by atoms with Crippen molar-refractivity contribution in [3.8, 4) is 0 Å². The smallest absolute Gasteiger partial charge is 0.315 e. The molecule has 0 rings (SSSR count). The van der Waals surface area contributed by atoms with Crippen molar-refractivity contribution in [1.82, 2.24) is 0 Å². The third-order valence-electron chi connectivity index (χ3n) is 3.12. The van der Waals surface area contributed by atoms with Crippen molar-refractivity contribution in [1.29, 1.82) is 0 Å². The third kappa shape index (κ3) is 14.7. The Morgan fingerprint density at radius 2 is 1.31 bits per heavy atom. The molecule has 0 radical (unpaired) electrons. The third-order valence-corrected chi connectivity index (χ3v) is 16.7. The van der Waals surface area contributed by atoms with Gasteiger partial charge in [0.1, 0.15) is 6.10 Å². The van der Waals surface area contributed by atoms with Crippen LogP contribution in [0.25, 0.3) is 0 Å². The van der Waals surface area contributed by atoms with E-state index in [0.29, 0.717) is 19.8 Å².